The molecule has 8 heterocycles. The van der Waals surface area contributed by atoms with Crippen LogP contribution in [-0.2, 0) is 21.7 Å². The summed E-state index contributed by atoms with van der Waals surface area (Å²) in [5, 5.41) is 29.3. The Morgan fingerprint density at radius 2 is 0.453 bits per heavy atom. The molecule has 0 aliphatic heterocycles. The lowest BCUT2D eigenvalue weighted by atomic mass is 9.86. The number of anilines is 6. The Labute approximate surface area is 856 Å². The Morgan fingerprint density at radius 1 is 0.176 bits per heavy atom. The Hall–Kier alpha value is -17.7. The van der Waals surface area contributed by atoms with Crippen molar-refractivity contribution in [1.82, 2.24) is 17.9 Å². The molecule has 8 heteroatoms. The molecule has 0 radical (unpaired) electrons. The first-order chi connectivity index (χ1) is 71.8. The number of hydrogen-bond acceptors (Lipinski definition) is 4. The number of rotatable bonds is 10. The molecule has 0 aliphatic carbocycles. The van der Waals surface area contributed by atoms with Crippen molar-refractivity contribution in [2.45, 2.75) is 105 Å². The second-order valence-corrected chi connectivity index (χ2v) is 45.3. The summed E-state index contributed by atoms with van der Waals surface area (Å²) in [6, 6.07) is 159. The molecule has 0 atom stereocenters. The highest BCUT2D eigenvalue weighted by molar-refractivity contribution is 6.38. The summed E-state index contributed by atoms with van der Waals surface area (Å²) in [6.07, 6.45) is 0. The molecule has 8 nitrogen and oxygen atoms in total. The third-order valence-electron chi connectivity index (χ3n) is 32.1. The fourth-order valence-electron chi connectivity index (χ4n) is 24.5. The van der Waals surface area contributed by atoms with Gasteiger partial charge < -0.3 is 36.6 Å². The molecule has 0 unspecified atom stereocenters. The molecule has 0 saturated carbocycles. The van der Waals surface area contributed by atoms with Gasteiger partial charge in [0, 0.05) is 132 Å². The predicted octanol–water partition coefficient (Wildman–Crippen LogP) is 39.7. The van der Waals surface area contributed by atoms with Crippen molar-refractivity contribution in [3.8, 4) is 33.6 Å². The van der Waals surface area contributed by atoms with Crippen LogP contribution in [0.1, 0.15) is 105 Å². The molecule has 8 aromatic heterocycles. The number of aromatic nitrogens is 4. The Kier molecular flexibility index (Phi) is 18.7. The molecule has 22 aromatic carbocycles. The molecule has 0 aliphatic rings. The zero-order valence-corrected chi connectivity index (χ0v) is 84.9. The molecule has 708 valence electrons. The van der Waals surface area contributed by atoms with Gasteiger partial charge in [0.05, 0.1) is 55.2 Å². The van der Waals surface area contributed by atoms with Crippen molar-refractivity contribution in [2.24, 2.45) is 0 Å². The molecule has 0 spiro atoms. The van der Waals surface area contributed by atoms with Crippen LogP contribution < -0.4 is 9.80 Å². The summed E-state index contributed by atoms with van der Waals surface area (Å²) < 4.78 is 22.6. The van der Waals surface area contributed by atoms with Gasteiger partial charge in [-0.05, 0) is 328 Å². The smallest absolute Gasteiger partial charge is 0.135 e. The lowest BCUT2D eigenvalue weighted by Gasteiger charge is -2.28. The summed E-state index contributed by atoms with van der Waals surface area (Å²) in [6.45, 7) is 27.4. The topological polar surface area (TPSA) is 51.4 Å². The van der Waals surface area contributed by atoms with E-state index in [2.05, 4.69) is 511 Å². The number of benzene rings is 22. The zero-order chi connectivity index (χ0) is 99.6. The number of para-hydroxylation sites is 6. The van der Waals surface area contributed by atoms with E-state index < -0.39 is 0 Å². The SMILES string of the molecule is CC(C)(C)c1ccc(N(c2ccc(C(C)(C)C)cc2)c2ccc3cc4c5cc6c7ccccc7n(-c7ccccc7)c6c6c7cc8ccc(N(c9ccc(C(C)(C)C)cc9)c9ccc(C(C)(C)C)cc9)cc8cc7n(c4cc3c2)c56)cc1.c1ccc(-n2c3ccccc3c3cc4c5cc6ccc(-c7ccc8oc9ccccc9c8c7)cc6cc5n5c6cc7cc(-c8ccc9oc%10ccccc%10c9c8)ccc7cc6c(c32)c45)cc1. The van der Waals surface area contributed by atoms with Gasteiger partial charge in [-0.15, -0.1) is 0 Å². The van der Waals surface area contributed by atoms with E-state index in [4.69, 9.17) is 8.83 Å². The second kappa shape index (κ2) is 31.9. The minimum atomic E-state index is 0.0421. The highest BCUT2D eigenvalue weighted by atomic mass is 16.3. The first kappa shape index (κ1) is 86.9. The van der Waals surface area contributed by atoms with Crippen LogP contribution in [0.2, 0.25) is 0 Å². The van der Waals surface area contributed by atoms with Crippen LogP contribution in [0.4, 0.5) is 34.1 Å². The van der Waals surface area contributed by atoms with Gasteiger partial charge >= 0.3 is 0 Å². The van der Waals surface area contributed by atoms with E-state index in [1.165, 1.54) is 207 Å². The van der Waals surface area contributed by atoms with Gasteiger partial charge in [0.25, 0.3) is 0 Å². The Balaban J connectivity index is 0.000000142. The fraction of sp³-hybridized carbons (Fsp3) is 0.114. The molecule has 30 aromatic rings. The van der Waals surface area contributed by atoms with Crippen molar-refractivity contribution < 1.29 is 8.83 Å². The van der Waals surface area contributed by atoms with E-state index in [0.29, 0.717) is 0 Å². The van der Waals surface area contributed by atoms with Gasteiger partial charge in [-0.25, -0.2) is 0 Å². The summed E-state index contributed by atoms with van der Waals surface area (Å²) in [5.41, 5.74) is 35.1. The van der Waals surface area contributed by atoms with E-state index in [9.17, 15) is 0 Å². The molecule has 0 fully saturated rings. The molecular weight excluding hydrogens is 1800 g/mol. The molecule has 0 N–H and O–H groups in total. The van der Waals surface area contributed by atoms with Crippen LogP contribution in [0.25, 0.3) is 240 Å². The maximum Gasteiger partial charge on any atom is 0.135 e. The minimum absolute atomic E-state index is 0.0421. The maximum atomic E-state index is 6.21. The highest BCUT2D eigenvalue weighted by Crippen LogP contribution is 2.54. The van der Waals surface area contributed by atoms with E-state index >= 15 is 0 Å². The standard InChI is InChI=1S/C78H72N4.C62H34N2O2/c1-75(2,3)53-24-34-58(35-25-53)79(59-36-26-54(27-37-59)76(4,5)6)62-32-22-49-44-65-67-48-66-64-20-16-17-21-69(64)81(57-18-14-13-15-19-57)73(66)72-68-45-50-23-33-63(43-52(50)47-71(68)82(74(67)72)70(65)46-51(49)42-62)80(60-38-28-55(29-39-60)77(7,8)9)61-40-30-56(31-41-61)78(10,11)12;1-2-10-43(11-3-1)63-53-15-7-4-12-44(53)50-34-51-47-28-39-20-18-35(37-22-24-58-48(29-37)45-13-5-8-16-56(45)65-58)26-41(39)32-54(47)64-55-33-42-27-36(19-21-40(42)31-52(55)60(61(50)63)62(51)64)38-23-25-59-49(30-38)46-14-6-9-17-57(46)66-59/h13-48H,1-12H3;1-34H. The molecule has 0 saturated heterocycles. The van der Waals surface area contributed by atoms with Gasteiger partial charge in [0.2, 0.25) is 0 Å². The summed E-state index contributed by atoms with van der Waals surface area (Å²) in [5.74, 6) is 0. The third-order valence-corrected chi connectivity index (χ3v) is 32.1. The van der Waals surface area contributed by atoms with E-state index in [0.717, 1.165) is 89.4 Å². The Morgan fingerprint density at radius 3 is 0.811 bits per heavy atom. The average Bonchev–Trinajstić information content (AvgIpc) is 1.51. The van der Waals surface area contributed by atoms with E-state index in [1.807, 2.05) is 24.3 Å². The molecule has 0 amide bonds. The predicted molar refractivity (Wildman–Crippen MR) is 630 cm³/mol. The van der Waals surface area contributed by atoms with Crippen LogP contribution in [0.3, 0.4) is 0 Å². The van der Waals surface area contributed by atoms with Gasteiger partial charge in [-0.3, -0.25) is 0 Å². The lowest BCUT2D eigenvalue weighted by Crippen LogP contribution is -2.14. The van der Waals surface area contributed by atoms with Gasteiger partial charge in [-0.2, -0.15) is 0 Å². The molecular formula is C140H106N6O2. The zero-order valence-electron chi connectivity index (χ0n) is 84.9. The van der Waals surface area contributed by atoms with Gasteiger partial charge in [-0.1, -0.05) is 289 Å². The van der Waals surface area contributed by atoms with Crippen LogP contribution in [0, 0.1) is 0 Å². The summed E-state index contributed by atoms with van der Waals surface area (Å²) >= 11 is 0. The van der Waals surface area contributed by atoms with Crippen LogP contribution in [0.5, 0.6) is 0 Å². The molecule has 0 bridgehead atoms. The number of furan rings is 2. The molecule has 30 rings (SSSR count). The lowest BCUT2D eigenvalue weighted by molar-refractivity contribution is 0.590. The van der Waals surface area contributed by atoms with Gasteiger partial charge in [0.15, 0.2) is 0 Å². The van der Waals surface area contributed by atoms with Crippen molar-refractivity contribution in [3.05, 3.63) is 447 Å². The van der Waals surface area contributed by atoms with Crippen LogP contribution in [-0.4, -0.2) is 17.9 Å². The third kappa shape index (κ3) is 13.5. The first-order valence-electron chi connectivity index (χ1n) is 52.0. The number of hydrogen-bond donors (Lipinski definition) is 0. The fourth-order valence-corrected chi connectivity index (χ4v) is 24.5. The summed E-state index contributed by atoms with van der Waals surface area (Å²) in [4.78, 5) is 4.85. The van der Waals surface area contributed by atoms with Crippen molar-refractivity contribution in [3.63, 3.8) is 0 Å². The molecule has 148 heavy (non-hydrogen) atoms. The van der Waals surface area contributed by atoms with E-state index in [-0.39, 0.29) is 21.7 Å². The van der Waals surface area contributed by atoms with Crippen LogP contribution in [0.15, 0.2) is 433 Å². The van der Waals surface area contributed by atoms with Crippen molar-refractivity contribution >= 4 is 241 Å². The normalized spacial score (nSPS) is 12.7. The minimum Gasteiger partial charge on any atom is -0.456 e. The van der Waals surface area contributed by atoms with Gasteiger partial charge in [0.1, 0.15) is 22.3 Å². The monoisotopic (exact) mass is 1900 g/mol. The largest absolute Gasteiger partial charge is 0.456 e. The van der Waals surface area contributed by atoms with E-state index in [1.54, 1.807) is 0 Å². The summed E-state index contributed by atoms with van der Waals surface area (Å²) in [7, 11) is 0. The quantitative estimate of drug-likeness (QED) is 0.137. The number of nitrogens with zero attached hydrogens (tertiary/aromatic N) is 6. The maximum absolute atomic E-state index is 6.21. The first-order valence-corrected chi connectivity index (χ1v) is 52.0. The Bertz CT molecular complexity index is 10600. The van der Waals surface area contributed by atoms with Crippen molar-refractivity contribution in [1.29, 1.82) is 0 Å². The van der Waals surface area contributed by atoms with Crippen LogP contribution >= 0.6 is 0 Å². The number of fused-ring (bicyclic) bond motifs is 30. The second-order valence-electron chi connectivity index (χ2n) is 45.3. The van der Waals surface area contributed by atoms with Crippen molar-refractivity contribution in [2.75, 3.05) is 9.80 Å². The highest BCUT2D eigenvalue weighted by Gasteiger charge is 2.32. The average molecular weight is 1900 g/mol.